The van der Waals surface area contributed by atoms with Crippen LogP contribution in [0.4, 0.5) is 0 Å². The van der Waals surface area contributed by atoms with Crippen molar-refractivity contribution in [1.29, 1.82) is 0 Å². The van der Waals surface area contributed by atoms with E-state index in [1.165, 1.54) is 5.56 Å². The van der Waals surface area contributed by atoms with Crippen LogP contribution >= 0.6 is 23.2 Å². The third-order valence-corrected chi connectivity index (χ3v) is 2.85. The molecule has 1 rings (SSSR count). The number of nitrogens with two attached hydrogens (primary N) is 1. The van der Waals surface area contributed by atoms with E-state index < -0.39 is 0 Å². The van der Waals surface area contributed by atoms with Gasteiger partial charge < -0.3 is 5.73 Å². The first-order valence-corrected chi connectivity index (χ1v) is 6.04. The third kappa shape index (κ3) is 4.83. The van der Waals surface area contributed by atoms with Gasteiger partial charge in [0.05, 0.1) is 0 Å². The van der Waals surface area contributed by atoms with Crippen LogP contribution in [-0.4, -0.2) is 17.4 Å². The normalized spacial score (nSPS) is 12.7. The first-order valence-electron chi connectivity index (χ1n) is 5.12. The van der Waals surface area contributed by atoms with Crippen molar-refractivity contribution in [2.24, 2.45) is 11.7 Å². The van der Waals surface area contributed by atoms with Crippen molar-refractivity contribution in [1.82, 2.24) is 4.98 Å². The van der Waals surface area contributed by atoms with Gasteiger partial charge in [0.15, 0.2) is 0 Å². The van der Waals surface area contributed by atoms with Crippen LogP contribution in [-0.2, 0) is 6.42 Å². The van der Waals surface area contributed by atoms with Crippen molar-refractivity contribution in [2.75, 3.05) is 12.4 Å². The molecule has 0 bridgehead atoms. The standard InChI is InChI=1S/C11H16Cl2N2/c12-5-3-9(4-6-14)7-10-1-2-11(13)15-8-10/h1-2,8-9H,3-7,14H2. The summed E-state index contributed by atoms with van der Waals surface area (Å²) in [4.78, 5) is 4.05. The Kier molecular flexibility index (Phi) is 5.99. The van der Waals surface area contributed by atoms with E-state index in [2.05, 4.69) is 4.98 Å². The molecule has 0 saturated carbocycles. The largest absolute Gasteiger partial charge is 0.330 e. The molecule has 0 saturated heterocycles. The van der Waals surface area contributed by atoms with Crippen molar-refractivity contribution < 1.29 is 0 Å². The monoisotopic (exact) mass is 246 g/mol. The molecule has 0 radical (unpaired) electrons. The van der Waals surface area contributed by atoms with Gasteiger partial charge in [-0.05, 0) is 43.4 Å². The molecule has 15 heavy (non-hydrogen) atoms. The summed E-state index contributed by atoms with van der Waals surface area (Å²) in [5, 5.41) is 0.534. The minimum Gasteiger partial charge on any atom is -0.330 e. The highest BCUT2D eigenvalue weighted by Crippen LogP contribution is 2.16. The Morgan fingerprint density at radius 1 is 1.33 bits per heavy atom. The summed E-state index contributed by atoms with van der Waals surface area (Å²) < 4.78 is 0. The molecule has 1 heterocycles. The Morgan fingerprint density at radius 3 is 2.67 bits per heavy atom. The topological polar surface area (TPSA) is 38.9 Å². The first-order chi connectivity index (χ1) is 7.26. The zero-order chi connectivity index (χ0) is 11.1. The van der Waals surface area contributed by atoms with Gasteiger partial charge >= 0.3 is 0 Å². The number of nitrogens with zero attached hydrogens (tertiary/aromatic N) is 1. The van der Waals surface area contributed by atoms with E-state index in [0.29, 0.717) is 23.5 Å². The molecule has 0 amide bonds. The van der Waals surface area contributed by atoms with Crippen LogP contribution in [0.15, 0.2) is 18.3 Å². The molecule has 2 nitrogen and oxygen atoms in total. The second-order valence-electron chi connectivity index (χ2n) is 3.61. The second-order valence-corrected chi connectivity index (χ2v) is 4.38. The van der Waals surface area contributed by atoms with E-state index in [-0.39, 0.29) is 0 Å². The molecule has 0 aliphatic heterocycles. The molecule has 1 atom stereocenters. The van der Waals surface area contributed by atoms with Crippen molar-refractivity contribution in [3.8, 4) is 0 Å². The molecule has 0 fully saturated rings. The lowest BCUT2D eigenvalue weighted by Gasteiger charge is -2.14. The predicted molar refractivity (Wildman–Crippen MR) is 65.4 cm³/mol. The summed E-state index contributed by atoms with van der Waals surface area (Å²) >= 11 is 11.5. The number of hydrogen-bond acceptors (Lipinski definition) is 2. The Morgan fingerprint density at radius 2 is 2.13 bits per heavy atom. The van der Waals surface area contributed by atoms with Gasteiger partial charge in [-0.2, -0.15) is 0 Å². The average Bonchev–Trinajstić information content (AvgIpc) is 2.22. The van der Waals surface area contributed by atoms with Gasteiger partial charge in [-0.15, -0.1) is 11.6 Å². The fourth-order valence-electron chi connectivity index (χ4n) is 1.60. The smallest absolute Gasteiger partial charge is 0.129 e. The lowest BCUT2D eigenvalue weighted by molar-refractivity contribution is 0.477. The Hall–Kier alpha value is -0.310. The lowest BCUT2D eigenvalue weighted by atomic mass is 9.95. The van der Waals surface area contributed by atoms with Crippen LogP contribution in [0.1, 0.15) is 18.4 Å². The SMILES string of the molecule is NCCC(CCCl)Cc1ccc(Cl)nc1. The molecule has 4 heteroatoms. The van der Waals surface area contributed by atoms with Crippen LogP contribution in [0.3, 0.4) is 0 Å². The fourth-order valence-corrected chi connectivity index (χ4v) is 2.02. The average molecular weight is 247 g/mol. The fraction of sp³-hybridized carbons (Fsp3) is 0.545. The van der Waals surface area contributed by atoms with Gasteiger partial charge in [-0.3, -0.25) is 0 Å². The second kappa shape index (κ2) is 7.04. The van der Waals surface area contributed by atoms with Crippen LogP contribution in [0.2, 0.25) is 5.15 Å². The number of aromatic nitrogens is 1. The summed E-state index contributed by atoms with van der Waals surface area (Å²) in [7, 11) is 0. The van der Waals surface area contributed by atoms with Gasteiger partial charge in [-0.1, -0.05) is 17.7 Å². The first kappa shape index (κ1) is 12.8. The van der Waals surface area contributed by atoms with E-state index >= 15 is 0 Å². The molecule has 0 aliphatic rings. The molecule has 0 aliphatic carbocycles. The molecule has 1 aromatic rings. The predicted octanol–water partition coefficient (Wildman–Crippen LogP) is 2.87. The third-order valence-electron chi connectivity index (χ3n) is 2.41. The summed E-state index contributed by atoms with van der Waals surface area (Å²) in [6, 6.07) is 3.82. The molecule has 1 unspecified atom stereocenters. The zero-order valence-electron chi connectivity index (χ0n) is 8.63. The van der Waals surface area contributed by atoms with E-state index in [4.69, 9.17) is 28.9 Å². The van der Waals surface area contributed by atoms with Crippen LogP contribution in [0.5, 0.6) is 0 Å². The maximum absolute atomic E-state index is 5.75. The van der Waals surface area contributed by atoms with Crippen molar-refractivity contribution in [3.63, 3.8) is 0 Å². The minimum absolute atomic E-state index is 0.534. The lowest BCUT2D eigenvalue weighted by Crippen LogP contribution is -2.12. The number of rotatable bonds is 6. The van der Waals surface area contributed by atoms with Crippen LogP contribution < -0.4 is 5.73 Å². The highest BCUT2D eigenvalue weighted by atomic mass is 35.5. The van der Waals surface area contributed by atoms with Gasteiger partial charge in [0.2, 0.25) is 0 Å². The minimum atomic E-state index is 0.534. The summed E-state index contributed by atoms with van der Waals surface area (Å²) in [5.74, 6) is 1.24. The molecule has 2 N–H and O–H groups in total. The zero-order valence-corrected chi connectivity index (χ0v) is 10.1. The van der Waals surface area contributed by atoms with Crippen molar-refractivity contribution in [2.45, 2.75) is 19.3 Å². The number of alkyl halides is 1. The highest BCUT2D eigenvalue weighted by Gasteiger charge is 2.08. The molecular formula is C11H16Cl2N2. The number of halogens is 2. The maximum atomic E-state index is 5.75. The van der Waals surface area contributed by atoms with Gasteiger partial charge in [0.1, 0.15) is 5.15 Å². The van der Waals surface area contributed by atoms with Gasteiger partial charge in [0, 0.05) is 12.1 Å². The molecule has 1 aromatic heterocycles. The summed E-state index contributed by atoms with van der Waals surface area (Å²) in [5.41, 5.74) is 6.75. The molecule has 84 valence electrons. The molecule has 0 spiro atoms. The van der Waals surface area contributed by atoms with Crippen molar-refractivity contribution in [3.05, 3.63) is 29.0 Å². The number of pyridine rings is 1. The molecular weight excluding hydrogens is 231 g/mol. The van der Waals surface area contributed by atoms with E-state index in [1.807, 2.05) is 18.3 Å². The summed E-state index contributed by atoms with van der Waals surface area (Å²) in [6.07, 6.45) is 4.81. The van der Waals surface area contributed by atoms with Gasteiger partial charge in [0.25, 0.3) is 0 Å². The summed E-state index contributed by atoms with van der Waals surface area (Å²) in [6.45, 7) is 0.711. The maximum Gasteiger partial charge on any atom is 0.129 e. The van der Waals surface area contributed by atoms with Gasteiger partial charge in [-0.25, -0.2) is 4.98 Å². The molecule has 0 aromatic carbocycles. The van der Waals surface area contributed by atoms with E-state index in [0.717, 1.165) is 19.3 Å². The van der Waals surface area contributed by atoms with E-state index in [1.54, 1.807) is 0 Å². The Labute approximate surface area is 101 Å². The quantitative estimate of drug-likeness (QED) is 0.620. The van der Waals surface area contributed by atoms with Crippen LogP contribution in [0, 0.1) is 5.92 Å². The Bertz CT molecular complexity index is 268. The number of hydrogen-bond donors (Lipinski definition) is 1. The van der Waals surface area contributed by atoms with E-state index in [9.17, 15) is 0 Å². The van der Waals surface area contributed by atoms with Crippen LogP contribution in [0.25, 0.3) is 0 Å². The highest BCUT2D eigenvalue weighted by molar-refractivity contribution is 6.29. The van der Waals surface area contributed by atoms with Crippen molar-refractivity contribution >= 4 is 23.2 Å². The Balaban J connectivity index is 2.53.